The number of aliphatic hydroxyl groups is 1. The molecular weight excluding hydrogens is 477 g/mol. The SMILES string of the molecule is CC(C)(O)c1cc(-c2ccc(-c3cccc(S(C)(=O)=O)c3)cc2)n(-c2ccccc2C(F)(F)F)n1. The number of halogens is 3. The number of sulfone groups is 1. The average molecular weight is 501 g/mol. The van der Waals surface area contributed by atoms with Gasteiger partial charge < -0.3 is 5.11 Å². The number of benzene rings is 3. The van der Waals surface area contributed by atoms with E-state index in [1.165, 1.54) is 42.8 Å². The van der Waals surface area contributed by atoms with E-state index in [4.69, 9.17) is 0 Å². The van der Waals surface area contributed by atoms with Crippen LogP contribution in [0.15, 0.2) is 83.8 Å². The van der Waals surface area contributed by atoms with Gasteiger partial charge in [-0.25, -0.2) is 13.1 Å². The summed E-state index contributed by atoms with van der Waals surface area (Å²) in [4.78, 5) is 0.190. The number of aromatic nitrogens is 2. The van der Waals surface area contributed by atoms with Gasteiger partial charge in [0.25, 0.3) is 0 Å². The van der Waals surface area contributed by atoms with E-state index in [1.54, 1.807) is 48.5 Å². The molecular formula is C26H23F3N2O3S. The fourth-order valence-corrected chi connectivity index (χ4v) is 4.37. The number of alkyl halides is 3. The van der Waals surface area contributed by atoms with Crippen molar-refractivity contribution in [2.24, 2.45) is 0 Å². The summed E-state index contributed by atoms with van der Waals surface area (Å²) in [5.74, 6) is 0. The number of para-hydroxylation sites is 1. The first-order valence-corrected chi connectivity index (χ1v) is 12.5. The van der Waals surface area contributed by atoms with Gasteiger partial charge in [0, 0.05) is 11.8 Å². The van der Waals surface area contributed by atoms with Crippen LogP contribution in [0.2, 0.25) is 0 Å². The second kappa shape index (κ2) is 8.66. The molecule has 1 heterocycles. The molecule has 0 saturated heterocycles. The van der Waals surface area contributed by atoms with Gasteiger partial charge in [0.05, 0.1) is 27.5 Å². The molecule has 3 aromatic carbocycles. The van der Waals surface area contributed by atoms with Crippen molar-refractivity contribution in [2.45, 2.75) is 30.5 Å². The molecule has 0 spiro atoms. The molecule has 1 aromatic heterocycles. The topological polar surface area (TPSA) is 72.2 Å². The molecule has 5 nitrogen and oxygen atoms in total. The lowest BCUT2D eigenvalue weighted by atomic mass is 10.0. The number of rotatable bonds is 5. The molecule has 182 valence electrons. The van der Waals surface area contributed by atoms with Gasteiger partial charge in [-0.05, 0) is 55.3 Å². The highest BCUT2D eigenvalue weighted by Crippen LogP contribution is 2.37. The molecule has 0 atom stereocenters. The van der Waals surface area contributed by atoms with Crippen molar-refractivity contribution >= 4 is 9.84 Å². The van der Waals surface area contributed by atoms with E-state index >= 15 is 0 Å². The maximum Gasteiger partial charge on any atom is 0.418 e. The van der Waals surface area contributed by atoms with Crippen LogP contribution in [0.1, 0.15) is 25.1 Å². The Morgan fingerprint density at radius 1 is 0.829 bits per heavy atom. The van der Waals surface area contributed by atoms with Gasteiger partial charge in [0.2, 0.25) is 0 Å². The minimum atomic E-state index is -4.59. The lowest BCUT2D eigenvalue weighted by Gasteiger charge is -2.16. The molecule has 0 aliphatic carbocycles. The fraction of sp³-hybridized carbons (Fsp3) is 0.192. The van der Waals surface area contributed by atoms with Crippen molar-refractivity contribution in [3.63, 3.8) is 0 Å². The highest BCUT2D eigenvalue weighted by atomic mass is 32.2. The molecule has 0 radical (unpaired) electrons. The quantitative estimate of drug-likeness (QED) is 0.373. The first-order valence-electron chi connectivity index (χ1n) is 10.7. The smallest absolute Gasteiger partial charge is 0.384 e. The van der Waals surface area contributed by atoms with Crippen molar-refractivity contribution < 1.29 is 26.7 Å². The number of hydrogen-bond donors (Lipinski definition) is 1. The monoisotopic (exact) mass is 500 g/mol. The van der Waals surface area contributed by atoms with E-state index in [2.05, 4.69) is 5.10 Å². The maximum absolute atomic E-state index is 13.7. The standard InChI is InChI=1S/C26H23F3N2O3S/c1-25(2,32)24-16-23(31(30-24)22-10-5-4-9-21(22)26(27,28)29)18-13-11-17(12-14-18)19-7-6-8-20(15-19)35(3,33)34/h4-16,32H,1-3H3. The van der Waals surface area contributed by atoms with Gasteiger partial charge in [0.15, 0.2) is 9.84 Å². The Bertz CT molecular complexity index is 1480. The summed E-state index contributed by atoms with van der Waals surface area (Å²) in [5.41, 5.74) is 0.212. The highest BCUT2D eigenvalue weighted by molar-refractivity contribution is 7.90. The van der Waals surface area contributed by atoms with E-state index in [0.717, 1.165) is 17.9 Å². The Morgan fingerprint density at radius 2 is 1.46 bits per heavy atom. The predicted molar refractivity (Wildman–Crippen MR) is 128 cm³/mol. The fourth-order valence-electron chi connectivity index (χ4n) is 3.71. The molecule has 4 rings (SSSR count). The van der Waals surface area contributed by atoms with Crippen LogP contribution in [0.4, 0.5) is 13.2 Å². The number of nitrogens with zero attached hydrogens (tertiary/aromatic N) is 2. The van der Waals surface area contributed by atoms with Crippen molar-refractivity contribution in [3.05, 3.63) is 90.1 Å². The van der Waals surface area contributed by atoms with Gasteiger partial charge in [-0.15, -0.1) is 0 Å². The van der Waals surface area contributed by atoms with Crippen molar-refractivity contribution in [3.8, 4) is 28.1 Å². The second-order valence-electron chi connectivity index (χ2n) is 8.78. The van der Waals surface area contributed by atoms with E-state index in [9.17, 15) is 26.7 Å². The van der Waals surface area contributed by atoms with Crippen LogP contribution >= 0.6 is 0 Å². The van der Waals surface area contributed by atoms with Gasteiger partial charge in [-0.1, -0.05) is 48.5 Å². The molecule has 0 fully saturated rings. The molecule has 0 saturated carbocycles. The Morgan fingerprint density at radius 3 is 2.06 bits per heavy atom. The summed E-state index contributed by atoms with van der Waals surface area (Å²) in [6.07, 6.45) is -3.46. The van der Waals surface area contributed by atoms with Crippen LogP contribution in [0.3, 0.4) is 0 Å². The lowest BCUT2D eigenvalue weighted by Crippen LogP contribution is -2.17. The van der Waals surface area contributed by atoms with Crippen LogP contribution in [0, 0.1) is 0 Å². The normalized spacial score (nSPS) is 12.7. The lowest BCUT2D eigenvalue weighted by molar-refractivity contribution is -0.137. The molecule has 1 N–H and O–H groups in total. The van der Waals surface area contributed by atoms with Gasteiger partial charge in [0.1, 0.15) is 5.60 Å². The molecule has 0 aliphatic rings. The maximum atomic E-state index is 13.7. The van der Waals surface area contributed by atoms with E-state index in [1.807, 2.05) is 0 Å². The van der Waals surface area contributed by atoms with E-state index in [0.29, 0.717) is 16.8 Å². The number of hydrogen-bond acceptors (Lipinski definition) is 4. The van der Waals surface area contributed by atoms with Crippen LogP contribution < -0.4 is 0 Å². The minimum absolute atomic E-state index is 0.157. The third kappa shape index (κ3) is 5.16. The zero-order valence-electron chi connectivity index (χ0n) is 19.2. The van der Waals surface area contributed by atoms with Crippen LogP contribution in [0.25, 0.3) is 28.1 Å². The summed E-state index contributed by atoms with van der Waals surface area (Å²) < 4.78 is 66.2. The Balaban J connectivity index is 1.84. The van der Waals surface area contributed by atoms with Crippen molar-refractivity contribution in [1.82, 2.24) is 9.78 Å². The third-order valence-electron chi connectivity index (χ3n) is 5.55. The van der Waals surface area contributed by atoms with Gasteiger partial charge >= 0.3 is 6.18 Å². The minimum Gasteiger partial charge on any atom is -0.384 e. The summed E-state index contributed by atoms with van der Waals surface area (Å²) >= 11 is 0. The van der Waals surface area contributed by atoms with Crippen LogP contribution in [0.5, 0.6) is 0 Å². The Hall–Kier alpha value is -3.43. The van der Waals surface area contributed by atoms with Crippen molar-refractivity contribution in [1.29, 1.82) is 0 Å². The highest BCUT2D eigenvalue weighted by Gasteiger charge is 2.35. The summed E-state index contributed by atoms with van der Waals surface area (Å²) in [6, 6.07) is 20.2. The first-order chi connectivity index (χ1) is 16.2. The molecule has 9 heteroatoms. The molecule has 4 aromatic rings. The molecule has 0 aliphatic heterocycles. The van der Waals surface area contributed by atoms with Crippen molar-refractivity contribution in [2.75, 3.05) is 6.26 Å². The molecule has 35 heavy (non-hydrogen) atoms. The molecule has 0 bridgehead atoms. The summed E-state index contributed by atoms with van der Waals surface area (Å²) in [7, 11) is -3.38. The average Bonchev–Trinajstić information content (AvgIpc) is 3.24. The van der Waals surface area contributed by atoms with E-state index in [-0.39, 0.29) is 16.3 Å². The predicted octanol–water partition coefficient (Wildman–Crippen LogP) is 5.86. The zero-order chi connectivity index (χ0) is 25.6. The Labute approximate surface area is 201 Å². The van der Waals surface area contributed by atoms with Crippen LogP contribution in [-0.4, -0.2) is 29.6 Å². The molecule has 0 unspecified atom stereocenters. The summed E-state index contributed by atoms with van der Waals surface area (Å²) in [5, 5.41) is 14.8. The third-order valence-corrected chi connectivity index (χ3v) is 6.66. The second-order valence-corrected chi connectivity index (χ2v) is 10.8. The summed E-state index contributed by atoms with van der Waals surface area (Å²) in [6.45, 7) is 3.02. The van der Waals surface area contributed by atoms with Crippen LogP contribution in [-0.2, 0) is 21.6 Å². The Kier molecular flexibility index (Phi) is 6.11. The largest absolute Gasteiger partial charge is 0.418 e. The van der Waals surface area contributed by atoms with E-state index < -0.39 is 27.2 Å². The first kappa shape index (κ1) is 24.7. The van der Waals surface area contributed by atoms with Gasteiger partial charge in [-0.2, -0.15) is 18.3 Å². The van der Waals surface area contributed by atoms with Gasteiger partial charge in [-0.3, -0.25) is 0 Å². The molecule has 0 amide bonds. The zero-order valence-corrected chi connectivity index (χ0v) is 20.0.